The maximum atomic E-state index is 12.7. The third-order valence-corrected chi connectivity index (χ3v) is 6.65. The molecule has 0 aromatic heterocycles. The van der Waals surface area contributed by atoms with Gasteiger partial charge in [-0.15, -0.1) is 0 Å². The first-order valence-electron chi connectivity index (χ1n) is 7.68. The Morgan fingerprint density at radius 1 is 1.48 bits per heavy atom. The maximum absolute atomic E-state index is 12.7. The summed E-state index contributed by atoms with van der Waals surface area (Å²) in [5.41, 5.74) is -1.36. The molecule has 4 nitrogen and oxygen atoms in total. The van der Waals surface area contributed by atoms with Gasteiger partial charge in [0.2, 0.25) is 0 Å². The van der Waals surface area contributed by atoms with Gasteiger partial charge in [0.05, 0.1) is 0 Å². The Morgan fingerprint density at radius 3 is 2.74 bits per heavy atom. The molecule has 23 heavy (non-hydrogen) atoms. The summed E-state index contributed by atoms with van der Waals surface area (Å²) < 4.78 is 12.1. The average Bonchev–Trinajstić information content (AvgIpc) is 2.88. The van der Waals surface area contributed by atoms with E-state index in [9.17, 15) is 10.1 Å². The molecule has 2 rings (SSSR count). The predicted octanol–water partition coefficient (Wildman–Crippen LogP) is 2.07. The molecule has 3 unspecified atom stereocenters. The molecule has 0 heterocycles. The topological polar surface area (TPSA) is 59.3 Å². The van der Waals surface area contributed by atoms with Crippen molar-refractivity contribution in [3.8, 4) is 6.07 Å². The minimum absolute atomic E-state index is 0.0118. The number of hydrogen-bond donors (Lipinski definition) is 0. The summed E-state index contributed by atoms with van der Waals surface area (Å²) in [5.74, 6) is -0.720. The van der Waals surface area contributed by atoms with E-state index in [4.69, 9.17) is 9.47 Å². The number of rotatable bonds is 6. The zero-order chi connectivity index (χ0) is 16.9. The summed E-state index contributed by atoms with van der Waals surface area (Å²) in [7, 11) is 1.64. The fourth-order valence-corrected chi connectivity index (χ4v) is 5.18. The normalized spacial score (nSPS) is 29.9. The fraction of sp³-hybridized carbons (Fsp3) is 0.500. The molecule has 1 aromatic carbocycles. The number of ether oxygens (including phenoxy) is 2. The molecule has 1 radical (unpaired) electrons. The number of hydrogen-bond acceptors (Lipinski definition) is 4. The summed E-state index contributed by atoms with van der Waals surface area (Å²) >= 11 is -0.0118. The van der Waals surface area contributed by atoms with Crippen LogP contribution in [0.1, 0.15) is 26.7 Å². The average molecular weight is 379 g/mol. The quantitative estimate of drug-likeness (QED) is 0.561. The number of methoxy groups -OCH3 is 1. The molecular weight excluding hydrogens is 357 g/mol. The van der Waals surface area contributed by atoms with E-state index in [-0.39, 0.29) is 20.9 Å². The van der Waals surface area contributed by atoms with Gasteiger partial charge in [-0.3, -0.25) is 0 Å². The summed E-state index contributed by atoms with van der Waals surface area (Å²) in [6, 6.07) is 12.3. The van der Waals surface area contributed by atoms with Crippen molar-refractivity contribution in [2.45, 2.75) is 32.3 Å². The minimum atomic E-state index is -0.884. The summed E-state index contributed by atoms with van der Waals surface area (Å²) in [4.78, 5) is 12.7. The van der Waals surface area contributed by atoms with Crippen LogP contribution < -0.4 is 4.46 Å². The zero-order valence-electron chi connectivity index (χ0n) is 13.7. The van der Waals surface area contributed by atoms with Crippen molar-refractivity contribution < 1.29 is 14.3 Å². The number of nitrogens with zero attached hydrogens (tertiary/aromatic N) is 1. The molecule has 1 aliphatic rings. The number of esters is 1. The molecule has 5 heteroatoms. The van der Waals surface area contributed by atoms with Gasteiger partial charge in [-0.2, -0.15) is 0 Å². The van der Waals surface area contributed by atoms with Crippen LogP contribution >= 0.6 is 0 Å². The predicted molar refractivity (Wildman–Crippen MR) is 88.9 cm³/mol. The van der Waals surface area contributed by atoms with E-state index in [1.54, 1.807) is 14.0 Å². The van der Waals surface area contributed by atoms with E-state index in [0.717, 1.165) is 0 Å². The fourth-order valence-electron chi connectivity index (χ4n) is 3.07. The van der Waals surface area contributed by atoms with Crippen molar-refractivity contribution in [1.82, 2.24) is 0 Å². The summed E-state index contributed by atoms with van der Waals surface area (Å²) in [5, 5.41) is 11.6. The Kier molecular flexibility index (Phi) is 5.86. The molecule has 0 bridgehead atoms. The second-order valence-electron chi connectivity index (χ2n) is 6.03. The van der Waals surface area contributed by atoms with E-state index < -0.39 is 16.9 Å². The van der Waals surface area contributed by atoms with Crippen LogP contribution in [-0.4, -0.2) is 40.2 Å². The molecule has 0 spiro atoms. The third-order valence-electron chi connectivity index (χ3n) is 4.38. The molecule has 1 saturated carbocycles. The molecule has 0 aliphatic heterocycles. The Balaban J connectivity index is 2.29. The van der Waals surface area contributed by atoms with Gasteiger partial charge >= 0.3 is 144 Å². The van der Waals surface area contributed by atoms with Crippen molar-refractivity contribution >= 4 is 25.4 Å². The number of carbonyl (C=O) groups excluding carboxylic acids is 1. The number of carbonyl (C=O) groups is 1. The van der Waals surface area contributed by atoms with Crippen LogP contribution in [0.5, 0.6) is 0 Å². The number of benzene rings is 1. The van der Waals surface area contributed by atoms with Crippen molar-refractivity contribution in [3.05, 3.63) is 35.7 Å². The van der Waals surface area contributed by atoms with E-state index in [1.165, 1.54) is 4.46 Å². The standard InChI is InChI=1S/C18H22NO3Se/c1-4-22-16(20)18(13-23-15-8-6-5-7-9-15)12-17(2,21-3)10-14(18)11-19/h5-9,13-14H,4,10,12H2,1-3H3. The van der Waals surface area contributed by atoms with E-state index in [0.29, 0.717) is 19.4 Å². The molecule has 3 atom stereocenters. The van der Waals surface area contributed by atoms with Crippen molar-refractivity contribution in [1.29, 1.82) is 5.26 Å². The van der Waals surface area contributed by atoms with Crippen LogP contribution in [0.2, 0.25) is 0 Å². The monoisotopic (exact) mass is 380 g/mol. The van der Waals surface area contributed by atoms with Gasteiger partial charge < -0.3 is 0 Å². The SMILES string of the molecule is CCOC(=O)C1([CH][Se]c2ccccc2)CC(C)(OC)CC1C#N. The van der Waals surface area contributed by atoms with Crippen LogP contribution in [0.4, 0.5) is 0 Å². The van der Waals surface area contributed by atoms with Crippen molar-refractivity contribution in [3.63, 3.8) is 0 Å². The van der Waals surface area contributed by atoms with E-state index in [2.05, 4.69) is 6.07 Å². The van der Waals surface area contributed by atoms with Crippen LogP contribution in [0.15, 0.2) is 30.3 Å². The molecule has 1 aromatic rings. The first-order valence-corrected chi connectivity index (χ1v) is 9.52. The molecule has 0 saturated heterocycles. The molecule has 1 aliphatic carbocycles. The number of nitriles is 1. The van der Waals surface area contributed by atoms with Crippen molar-refractivity contribution in [2.24, 2.45) is 11.3 Å². The molecule has 0 amide bonds. The second kappa shape index (κ2) is 7.49. The molecule has 0 N–H and O–H groups in total. The van der Waals surface area contributed by atoms with Crippen molar-refractivity contribution in [2.75, 3.05) is 13.7 Å². The van der Waals surface area contributed by atoms with E-state index >= 15 is 0 Å². The van der Waals surface area contributed by atoms with Gasteiger partial charge in [0, 0.05) is 0 Å². The van der Waals surface area contributed by atoms with Gasteiger partial charge in [0.15, 0.2) is 0 Å². The van der Waals surface area contributed by atoms with E-state index in [1.807, 2.05) is 42.6 Å². The van der Waals surface area contributed by atoms with Gasteiger partial charge in [-0.1, -0.05) is 0 Å². The Hall–Kier alpha value is -1.34. The second-order valence-corrected chi connectivity index (χ2v) is 8.00. The Morgan fingerprint density at radius 2 is 2.17 bits per heavy atom. The Bertz CT molecular complexity index is 586. The first-order chi connectivity index (χ1) is 11.0. The summed E-state index contributed by atoms with van der Waals surface area (Å²) in [6.45, 7) is 4.07. The molecule has 1 fully saturated rings. The van der Waals surface area contributed by atoms with Crippen LogP contribution in [0, 0.1) is 28.0 Å². The van der Waals surface area contributed by atoms with Crippen LogP contribution in [0.3, 0.4) is 0 Å². The zero-order valence-corrected chi connectivity index (χ0v) is 15.5. The van der Waals surface area contributed by atoms with Gasteiger partial charge in [-0.05, 0) is 0 Å². The Labute approximate surface area is 144 Å². The van der Waals surface area contributed by atoms with Gasteiger partial charge in [0.1, 0.15) is 0 Å². The molecule has 123 valence electrons. The summed E-state index contributed by atoms with van der Waals surface area (Å²) in [6.07, 6.45) is 1.03. The van der Waals surface area contributed by atoms with Gasteiger partial charge in [0.25, 0.3) is 0 Å². The molecular formula is C18H22NO3Se. The van der Waals surface area contributed by atoms with Crippen LogP contribution in [0.25, 0.3) is 0 Å². The van der Waals surface area contributed by atoms with Crippen LogP contribution in [-0.2, 0) is 14.3 Å². The van der Waals surface area contributed by atoms with Gasteiger partial charge in [-0.25, -0.2) is 0 Å². The first kappa shape index (κ1) is 18.0. The third kappa shape index (κ3) is 3.77.